The van der Waals surface area contributed by atoms with Crippen molar-refractivity contribution in [1.29, 1.82) is 0 Å². The topological polar surface area (TPSA) is 55.4 Å². The third kappa shape index (κ3) is 3.72. The van der Waals surface area contributed by atoms with Crippen LogP contribution in [0.25, 0.3) is 0 Å². The fraction of sp³-hybridized carbons (Fsp3) is 1.00. The molecule has 4 heterocycles. The van der Waals surface area contributed by atoms with Gasteiger partial charge in [0, 0.05) is 25.0 Å². The average molecular weight is 328 g/mol. The molecule has 6 nitrogen and oxygen atoms in total. The first-order valence-corrected chi connectivity index (χ1v) is 8.97. The highest BCUT2D eigenvalue weighted by Crippen LogP contribution is 2.35. The highest BCUT2D eigenvalue weighted by molar-refractivity contribution is 4.86. The van der Waals surface area contributed by atoms with Crippen LogP contribution < -0.4 is 0 Å². The molecule has 0 radical (unpaired) electrons. The molecule has 0 aromatic rings. The molecule has 4 saturated heterocycles. The van der Waals surface area contributed by atoms with Crippen molar-refractivity contribution in [2.24, 2.45) is 17.3 Å². The van der Waals surface area contributed by atoms with Gasteiger partial charge in [0.25, 0.3) is 0 Å². The summed E-state index contributed by atoms with van der Waals surface area (Å²) in [5.74, 6) is 0.720. The maximum absolute atomic E-state index is 6.00. The summed E-state index contributed by atoms with van der Waals surface area (Å²) in [6.07, 6.45) is 4.16. The van der Waals surface area contributed by atoms with Crippen LogP contribution in [-0.2, 0) is 28.4 Å². The molecular weight excluding hydrogens is 300 g/mol. The van der Waals surface area contributed by atoms with E-state index in [1.54, 1.807) is 0 Å². The Balaban J connectivity index is 1.25. The van der Waals surface area contributed by atoms with E-state index >= 15 is 0 Å². The molecule has 23 heavy (non-hydrogen) atoms. The highest BCUT2D eigenvalue weighted by atomic mass is 16.7. The van der Waals surface area contributed by atoms with Crippen molar-refractivity contribution in [2.45, 2.75) is 38.3 Å². The zero-order chi connectivity index (χ0) is 15.5. The van der Waals surface area contributed by atoms with Gasteiger partial charge in [0.1, 0.15) is 0 Å². The molecule has 4 aliphatic rings. The van der Waals surface area contributed by atoms with Crippen LogP contribution in [0, 0.1) is 17.3 Å². The van der Waals surface area contributed by atoms with E-state index in [0.717, 1.165) is 52.1 Å². The molecule has 0 saturated carbocycles. The molecule has 0 N–H and O–H groups in total. The Kier molecular flexibility index (Phi) is 5.18. The van der Waals surface area contributed by atoms with Gasteiger partial charge >= 0.3 is 0 Å². The lowest BCUT2D eigenvalue weighted by atomic mass is 9.89. The van der Waals surface area contributed by atoms with Crippen LogP contribution in [0.4, 0.5) is 0 Å². The van der Waals surface area contributed by atoms with E-state index in [1.165, 1.54) is 0 Å². The van der Waals surface area contributed by atoms with E-state index in [0.29, 0.717) is 38.3 Å². The summed E-state index contributed by atoms with van der Waals surface area (Å²) < 4.78 is 35.1. The SMILES string of the molecule is C1COCC(C2OCC3(CO2)COC(C2CCCOC2)OC3)C1. The molecule has 0 aromatic heterocycles. The third-order valence-corrected chi connectivity index (χ3v) is 5.38. The lowest BCUT2D eigenvalue weighted by Gasteiger charge is -2.46. The summed E-state index contributed by atoms with van der Waals surface area (Å²) in [6, 6.07) is 0. The zero-order valence-electron chi connectivity index (χ0n) is 13.7. The van der Waals surface area contributed by atoms with Gasteiger partial charge in [0.2, 0.25) is 0 Å². The van der Waals surface area contributed by atoms with E-state index < -0.39 is 0 Å². The van der Waals surface area contributed by atoms with Crippen molar-refractivity contribution in [2.75, 3.05) is 52.9 Å². The molecule has 4 fully saturated rings. The van der Waals surface area contributed by atoms with E-state index in [9.17, 15) is 0 Å². The van der Waals surface area contributed by atoms with E-state index in [4.69, 9.17) is 28.4 Å². The van der Waals surface area contributed by atoms with E-state index in [1.807, 2.05) is 0 Å². The van der Waals surface area contributed by atoms with Gasteiger partial charge in [0.15, 0.2) is 12.6 Å². The van der Waals surface area contributed by atoms with Gasteiger partial charge in [0.05, 0.1) is 45.1 Å². The molecule has 132 valence electrons. The second-order valence-electron chi connectivity index (χ2n) is 7.44. The molecular formula is C17H28O6. The third-order valence-electron chi connectivity index (χ3n) is 5.38. The lowest BCUT2D eigenvalue weighted by molar-refractivity contribution is -0.325. The van der Waals surface area contributed by atoms with Crippen LogP contribution in [-0.4, -0.2) is 65.4 Å². The molecule has 4 rings (SSSR count). The Hall–Kier alpha value is -0.240. The minimum Gasteiger partial charge on any atom is -0.381 e. The molecule has 0 aliphatic carbocycles. The summed E-state index contributed by atoms with van der Waals surface area (Å²) in [5, 5.41) is 0. The number of hydrogen-bond donors (Lipinski definition) is 0. The maximum Gasteiger partial charge on any atom is 0.162 e. The molecule has 1 spiro atoms. The normalized spacial score (nSPS) is 45.9. The minimum absolute atomic E-state index is 0.134. The summed E-state index contributed by atoms with van der Waals surface area (Å²) in [4.78, 5) is 0. The Morgan fingerprint density at radius 1 is 0.609 bits per heavy atom. The summed E-state index contributed by atoms with van der Waals surface area (Å²) >= 11 is 0. The number of hydrogen-bond acceptors (Lipinski definition) is 6. The Morgan fingerprint density at radius 3 is 1.39 bits per heavy atom. The first-order chi connectivity index (χ1) is 11.3. The minimum atomic E-state index is -0.155. The lowest BCUT2D eigenvalue weighted by Crippen LogP contribution is -2.55. The van der Waals surface area contributed by atoms with Gasteiger partial charge in [-0.15, -0.1) is 0 Å². The van der Waals surface area contributed by atoms with Gasteiger partial charge in [-0.1, -0.05) is 0 Å². The molecule has 6 heteroatoms. The van der Waals surface area contributed by atoms with Gasteiger partial charge in [-0.25, -0.2) is 0 Å². The monoisotopic (exact) mass is 328 g/mol. The molecule has 0 bridgehead atoms. The molecule has 0 aromatic carbocycles. The highest BCUT2D eigenvalue weighted by Gasteiger charge is 2.45. The van der Waals surface area contributed by atoms with Crippen LogP contribution in [0.1, 0.15) is 25.7 Å². The summed E-state index contributed by atoms with van der Waals surface area (Å²) in [5.41, 5.74) is -0.155. The van der Waals surface area contributed by atoms with Crippen LogP contribution >= 0.6 is 0 Å². The second-order valence-corrected chi connectivity index (χ2v) is 7.44. The smallest absolute Gasteiger partial charge is 0.162 e. The molecule has 4 aliphatic heterocycles. The van der Waals surface area contributed by atoms with Crippen molar-refractivity contribution < 1.29 is 28.4 Å². The standard InChI is InChI=1S/C17H28O6/c1-3-13(7-18-5-1)15-20-9-17(10-21-15)11-22-16(23-12-17)14-4-2-6-19-8-14/h13-16H,1-12H2. The van der Waals surface area contributed by atoms with Gasteiger partial charge < -0.3 is 28.4 Å². The summed E-state index contributed by atoms with van der Waals surface area (Å²) in [7, 11) is 0. The molecule has 2 unspecified atom stereocenters. The van der Waals surface area contributed by atoms with Crippen LogP contribution in [0.15, 0.2) is 0 Å². The van der Waals surface area contributed by atoms with Crippen molar-refractivity contribution in [3.05, 3.63) is 0 Å². The first-order valence-electron chi connectivity index (χ1n) is 8.97. The van der Waals surface area contributed by atoms with Crippen molar-refractivity contribution >= 4 is 0 Å². The predicted octanol–water partition coefficient (Wildman–Crippen LogP) is 1.57. The quantitative estimate of drug-likeness (QED) is 0.767. The van der Waals surface area contributed by atoms with Crippen molar-refractivity contribution in [1.82, 2.24) is 0 Å². The first kappa shape index (κ1) is 16.2. The number of rotatable bonds is 2. The second kappa shape index (κ2) is 7.33. The van der Waals surface area contributed by atoms with E-state index in [-0.39, 0.29) is 18.0 Å². The fourth-order valence-corrected chi connectivity index (χ4v) is 3.89. The zero-order valence-corrected chi connectivity index (χ0v) is 13.7. The Bertz CT molecular complexity index is 322. The van der Waals surface area contributed by atoms with Crippen LogP contribution in [0.3, 0.4) is 0 Å². The fourth-order valence-electron chi connectivity index (χ4n) is 3.89. The molecule has 2 atom stereocenters. The predicted molar refractivity (Wildman–Crippen MR) is 80.9 cm³/mol. The average Bonchev–Trinajstić information content (AvgIpc) is 2.65. The van der Waals surface area contributed by atoms with Gasteiger partial charge in [-0.3, -0.25) is 0 Å². The van der Waals surface area contributed by atoms with Crippen molar-refractivity contribution in [3.63, 3.8) is 0 Å². The molecule has 0 amide bonds. The number of ether oxygens (including phenoxy) is 6. The Labute approximate surface area is 137 Å². The van der Waals surface area contributed by atoms with Crippen molar-refractivity contribution in [3.8, 4) is 0 Å². The Morgan fingerprint density at radius 2 is 1.04 bits per heavy atom. The maximum atomic E-state index is 6.00. The van der Waals surface area contributed by atoms with Gasteiger partial charge in [-0.05, 0) is 25.7 Å². The van der Waals surface area contributed by atoms with Crippen LogP contribution in [0.5, 0.6) is 0 Å². The van der Waals surface area contributed by atoms with Crippen LogP contribution in [0.2, 0.25) is 0 Å². The largest absolute Gasteiger partial charge is 0.381 e. The van der Waals surface area contributed by atoms with Gasteiger partial charge in [-0.2, -0.15) is 0 Å². The summed E-state index contributed by atoms with van der Waals surface area (Å²) in [6.45, 7) is 5.78. The van der Waals surface area contributed by atoms with E-state index in [2.05, 4.69) is 0 Å².